The van der Waals surface area contributed by atoms with Gasteiger partial charge in [-0.2, -0.15) is 5.10 Å². The van der Waals surface area contributed by atoms with E-state index >= 15 is 0 Å². The lowest BCUT2D eigenvalue weighted by molar-refractivity contribution is 0.414. The summed E-state index contributed by atoms with van der Waals surface area (Å²) < 4.78 is 2.03. The minimum Gasteiger partial charge on any atom is -0.307 e. The average Bonchev–Trinajstić information content (AvgIpc) is 3.04. The van der Waals surface area contributed by atoms with Crippen LogP contribution in [0.25, 0.3) is 0 Å². The van der Waals surface area contributed by atoms with E-state index < -0.39 is 0 Å². The van der Waals surface area contributed by atoms with Crippen LogP contribution in [0.4, 0.5) is 0 Å². The molecule has 0 aromatic carbocycles. The quantitative estimate of drug-likeness (QED) is 0.771. The highest BCUT2D eigenvalue weighted by Gasteiger charge is 2.24. The minimum atomic E-state index is 0.610. The van der Waals surface area contributed by atoms with Crippen LogP contribution in [0.3, 0.4) is 0 Å². The summed E-state index contributed by atoms with van der Waals surface area (Å²) in [4.78, 5) is 4.36. The lowest BCUT2D eigenvalue weighted by Gasteiger charge is -2.17. The van der Waals surface area contributed by atoms with Crippen molar-refractivity contribution in [2.45, 2.75) is 65.6 Å². The maximum atomic E-state index is 4.36. The summed E-state index contributed by atoms with van der Waals surface area (Å²) in [5, 5.41) is 7.93. The van der Waals surface area contributed by atoms with Crippen LogP contribution in [-0.4, -0.2) is 20.8 Å². The standard InChI is InChI=1S/C14H26N4/c1-4-13(7-12-5-6-12)15-8-14-16-10-17-18(14)9-11(2)3/h10-13,15H,4-9H2,1-3H3. The van der Waals surface area contributed by atoms with Crippen molar-refractivity contribution in [3.05, 3.63) is 12.2 Å². The van der Waals surface area contributed by atoms with Crippen molar-refractivity contribution in [2.75, 3.05) is 0 Å². The summed E-state index contributed by atoms with van der Waals surface area (Å²) in [5.41, 5.74) is 0. The van der Waals surface area contributed by atoms with E-state index in [-0.39, 0.29) is 0 Å². The predicted octanol–water partition coefficient (Wildman–Crippen LogP) is 2.60. The van der Waals surface area contributed by atoms with Gasteiger partial charge in [0.1, 0.15) is 12.2 Å². The van der Waals surface area contributed by atoms with Crippen molar-refractivity contribution >= 4 is 0 Å². The Morgan fingerprint density at radius 1 is 1.44 bits per heavy atom. The number of hydrogen-bond donors (Lipinski definition) is 1. The Kier molecular flexibility index (Phi) is 4.75. The zero-order valence-electron chi connectivity index (χ0n) is 11.9. The molecule has 1 saturated carbocycles. The molecule has 1 atom stereocenters. The zero-order chi connectivity index (χ0) is 13.0. The lowest BCUT2D eigenvalue weighted by Crippen LogP contribution is -2.30. The highest BCUT2D eigenvalue weighted by atomic mass is 15.3. The van der Waals surface area contributed by atoms with E-state index in [0.717, 1.165) is 24.8 Å². The van der Waals surface area contributed by atoms with Crippen LogP contribution >= 0.6 is 0 Å². The number of hydrogen-bond acceptors (Lipinski definition) is 3. The zero-order valence-corrected chi connectivity index (χ0v) is 11.9. The summed E-state index contributed by atoms with van der Waals surface area (Å²) in [6.07, 6.45) is 7.06. The van der Waals surface area contributed by atoms with Gasteiger partial charge in [-0.25, -0.2) is 9.67 Å². The summed E-state index contributed by atoms with van der Waals surface area (Å²) in [7, 11) is 0. The molecule has 0 bridgehead atoms. The van der Waals surface area contributed by atoms with Gasteiger partial charge in [0, 0.05) is 12.6 Å². The molecule has 1 aromatic rings. The summed E-state index contributed by atoms with van der Waals surface area (Å²) >= 11 is 0. The van der Waals surface area contributed by atoms with E-state index in [2.05, 4.69) is 36.2 Å². The van der Waals surface area contributed by atoms with Crippen molar-refractivity contribution in [3.63, 3.8) is 0 Å². The van der Waals surface area contributed by atoms with Crippen molar-refractivity contribution < 1.29 is 0 Å². The van der Waals surface area contributed by atoms with Crippen LogP contribution in [-0.2, 0) is 13.1 Å². The molecule has 0 aliphatic heterocycles. The maximum Gasteiger partial charge on any atom is 0.140 e. The normalized spacial score (nSPS) is 17.3. The molecule has 0 saturated heterocycles. The van der Waals surface area contributed by atoms with Crippen molar-refractivity contribution in [3.8, 4) is 0 Å². The average molecular weight is 250 g/mol. The van der Waals surface area contributed by atoms with Crippen molar-refractivity contribution in [1.29, 1.82) is 0 Å². The molecule has 1 aromatic heterocycles. The topological polar surface area (TPSA) is 42.7 Å². The molecule has 1 aliphatic carbocycles. The molecule has 1 unspecified atom stereocenters. The van der Waals surface area contributed by atoms with Gasteiger partial charge in [0.05, 0.1) is 6.54 Å². The molecule has 2 rings (SSSR count). The molecule has 1 aliphatic rings. The first kappa shape index (κ1) is 13.5. The van der Waals surface area contributed by atoms with E-state index in [0.29, 0.717) is 12.0 Å². The maximum absolute atomic E-state index is 4.36. The summed E-state index contributed by atoms with van der Waals surface area (Å²) in [6, 6.07) is 0.640. The third-order valence-electron chi connectivity index (χ3n) is 3.59. The molecule has 1 N–H and O–H groups in total. The third kappa shape index (κ3) is 4.09. The molecule has 1 fully saturated rings. The number of aromatic nitrogens is 3. The molecule has 0 spiro atoms. The predicted molar refractivity (Wildman–Crippen MR) is 73.1 cm³/mol. The van der Waals surface area contributed by atoms with Gasteiger partial charge in [-0.1, -0.05) is 33.6 Å². The highest BCUT2D eigenvalue weighted by molar-refractivity contribution is 4.86. The van der Waals surface area contributed by atoms with Gasteiger partial charge in [0.25, 0.3) is 0 Å². The summed E-state index contributed by atoms with van der Waals surface area (Å²) in [5.74, 6) is 2.66. The first-order chi connectivity index (χ1) is 8.69. The molecule has 0 radical (unpaired) electrons. The van der Waals surface area contributed by atoms with Gasteiger partial charge in [-0.05, 0) is 24.7 Å². The lowest BCUT2D eigenvalue weighted by atomic mass is 10.1. The first-order valence-electron chi connectivity index (χ1n) is 7.29. The Bertz CT molecular complexity index is 354. The second kappa shape index (κ2) is 6.32. The van der Waals surface area contributed by atoms with Crippen LogP contribution in [0.15, 0.2) is 6.33 Å². The first-order valence-corrected chi connectivity index (χ1v) is 7.29. The monoisotopic (exact) mass is 250 g/mol. The van der Waals surface area contributed by atoms with E-state index in [1.807, 2.05) is 4.68 Å². The fourth-order valence-electron chi connectivity index (χ4n) is 2.31. The Morgan fingerprint density at radius 3 is 2.83 bits per heavy atom. The highest BCUT2D eigenvalue weighted by Crippen LogP contribution is 2.34. The number of nitrogens with zero attached hydrogens (tertiary/aromatic N) is 3. The van der Waals surface area contributed by atoms with Gasteiger partial charge < -0.3 is 5.32 Å². The number of nitrogens with one attached hydrogen (secondary N) is 1. The van der Waals surface area contributed by atoms with E-state index in [1.54, 1.807) is 6.33 Å². The minimum absolute atomic E-state index is 0.610. The third-order valence-corrected chi connectivity index (χ3v) is 3.59. The van der Waals surface area contributed by atoms with Crippen molar-refractivity contribution in [2.24, 2.45) is 11.8 Å². The molecule has 4 heteroatoms. The van der Waals surface area contributed by atoms with Crippen LogP contribution < -0.4 is 5.32 Å². The van der Waals surface area contributed by atoms with Crippen LogP contribution in [0, 0.1) is 11.8 Å². The molecular weight excluding hydrogens is 224 g/mol. The van der Waals surface area contributed by atoms with Crippen LogP contribution in [0.5, 0.6) is 0 Å². The fraction of sp³-hybridized carbons (Fsp3) is 0.857. The van der Waals surface area contributed by atoms with Crippen LogP contribution in [0.1, 0.15) is 52.3 Å². The Labute approximate surface area is 110 Å². The van der Waals surface area contributed by atoms with Gasteiger partial charge in [0.2, 0.25) is 0 Å². The molecule has 102 valence electrons. The molecular formula is C14H26N4. The smallest absolute Gasteiger partial charge is 0.140 e. The molecule has 4 nitrogen and oxygen atoms in total. The van der Waals surface area contributed by atoms with E-state index in [4.69, 9.17) is 0 Å². The van der Waals surface area contributed by atoms with Gasteiger partial charge in [0.15, 0.2) is 0 Å². The SMILES string of the molecule is CCC(CC1CC1)NCc1ncnn1CC(C)C. The fourth-order valence-corrected chi connectivity index (χ4v) is 2.31. The van der Waals surface area contributed by atoms with Gasteiger partial charge >= 0.3 is 0 Å². The van der Waals surface area contributed by atoms with Crippen molar-refractivity contribution in [1.82, 2.24) is 20.1 Å². The Hall–Kier alpha value is -0.900. The second-order valence-electron chi connectivity index (χ2n) is 5.92. The Balaban J connectivity index is 1.82. The Morgan fingerprint density at radius 2 is 2.22 bits per heavy atom. The second-order valence-corrected chi connectivity index (χ2v) is 5.92. The largest absolute Gasteiger partial charge is 0.307 e. The molecule has 18 heavy (non-hydrogen) atoms. The van der Waals surface area contributed by atoms with Crippen LogP contribution in [0.2, 0.25) is 0 Å². The van der Waals surface area contributed by atoms with Gasteiger partial charge in [-0.3, -0.25) is 0 Å². The van der Waals surface area contributed by atoms with E-state index in [1.165, 1.54) is 25.7 Å². The summed E-state index contributed by atoms with van der Waals surface area (Å²) in [6.45, 7) is 8.48. The molecule has 1 heterocycles. The van der Waals surface area contributed by atoms with E-state index in [9.17, 15) is 0 Å². The van der Waals surface area contributed by atoms with Gasteiger partial charge in [-0.15, -0.1) is 0 Å². The molecule has 0 amide bonds. The number of rotatable bonds is 8.